The average molecular weight is 371 g/mol. The van der Waals surface area contributed by atoms with Crippen molar-refractivity contribution in [2.24, 2.45) is 5.10 Å². The maximum atomic E-state index is 12.2. The van der Waals surface area contributed by atoms with Gasteiger partial charge in [-0.05, 0) is 42.3 Å². The molecular formula is C19H21N3O3S. The Kier molecular flexibility index (Phi) is 5.68. The Labute approximate surface area is 157 Å². The minimum atomic E-state index is -0.0373. The minimum Gasteiger partial charge on any atom is -0.493 e. The fraction of sp³-hybridized carbons (Fsp3) is 0.263. The summed E-state index contributed by atoms with van der Waals surface area (Å²) in [6.45, 7) is 0.520. The molecule has 7 heteroatoms. The van der Waals surface area contributed by atoms with Gasteiger partial charge in [0.25, 0.3) is 0 Å². The normalized spacial score (nSPS) is 14.2. The van der Waals surface area contributed by atoms with Crippen LogP contribution < -0.4 is 15.2 Å². The van der Waals surface area contributed by atoms with Gasteiger partial charge in [-0.25, -0.2) is 5.01 Å². The Morgan fingerprint density at radius 2 is 1.85 bits per heavy atom. The molecule has 0 aromatic heterocycles. The van der Waals surface area contributed by atoms with Crippen molar-refractivity contribution < 1.29 is 14.3 Å². The van der Waals surface area contributed by atoms with Crippen molar-refractivity contribution >= 4 is 28.4 Å². The predicted octanol–water partition coefficient (Wildman–Crippen LogP) is 3.40. The Morgan fingerprint density at radius 3 is 2.54 bits per heavy atom. The number of anilines is 1. The van der Waals surface area contributed by atoms with E-state index in [0.717, 1.165) is 28.9 Å². The highest BCUT2D eigenvalue weighted by Gasteiger charge is 2.22. The summed E-state index contributed by atoms with van der Waals surface area (Å²) >= 11 is 1.25. The van der Waals surface area contributed by atoms with Gasteiger partial charge in [-0.1, -0.05) is 23.9 Å². The summed E-state index contributed by atoms with van der Waals surface area (Å²) < 4.78 is 10.6. The molecule has 0 saturated heterocycles. The van der Waals surface area contributed by atoms with Crippen LogP contribution >= 0.6 is 11.8 Å². The molecule has 0 spiro atoms. The number of methoxy groups -OCH3 is 2. The minimum absolute atomic E-state index is 0.0373. The van der Waals surface area contributed by atoms with Crippen LogP contribution in [0.25, 0.3) is 0 Å². The van der Waals surface area contributed by atoms with Crippen molar-refractivity contribution in [1.82, 2.24) is 5.01 Å². The maximum absolute atomic E-state index is 12.2. The number of ether oxygens (including phenoxy) is 2. The van der Waals surface area contributed by atoms with Crippen molar-refractivity contribution in [3.8, 4) is 11.5 Å². The fourth-order valence-electron chi connectivity index (χ4n) is 2.64. The van der Waals surface area contributed by atoms with E-state index in [2.05, 4.69) is 5.10 Å². The van der Waals surface area contributed by atoms with Gasteiger partial charge in [0.05, 0.1) is 19.9 Å². The third kappa shape index (κ3) is 4.11. The lowest BCUT2D eigenvalue weighted by Crippen LogP contribution is -2.31. The largest absolute Gasteiger partial charge is 0.493 e. The van der Waals surface area contributed by atoms with Gasteiger partial charge in [0.1, 0.15) is 0 Å². The smallest absolute Gasteiger partial charge is 0.302 e. The van der Waals surface area contributed by atoms with Crippen LogP contribution in [0.15, 0.2) is 47.6 Å². The third-order valence-corrected chi connectivity index (χ3v) is 4.97. The second kappa shape index (κ2) is 8.14. The topological polar surface area (TPSA) is 77.1 Å². The summed E-state index contributed by atoms with van der Waals surface area (Å²) in [5.74, 6) is 1.84. The third-order valence-electron chi connectivity index (χ3n) is 4.09. The standard InChI is InChI=1S/C19H21N3O3S/c1-24-17-8-5-14(11-18(17)25-2)16-12-26-19(23)22(21-16)10-9-13-3-6-15(20)7-4-13/h3-8,11H,9-10,12,20H2,1-2H3. The summed E-state index contributed by atoms with van der Waals surface area (Å²) in [7, 11) is 3.20. The molecule has 0 unspecified atom stereocenters. The molecule has 0 saturated carbocycles. The van der Waals surface area contributed by atoms with Crippen LogP contribution in [-0.4, -0.2) is 42.5 Å². The Morgan fingerprint density at radius 1 is 1.12 bits per heavy atom. The number of hydrogen-bond acceptors (Lipinski definition) is 6. The first-order chi connectivity index (χ1) is 12.6. The van der Waals surface area contributed by atoms with E-state index in [0.29, 0.717) is 23.8 Å². The fourth-order valence-corrected chi connectivity index (χ4v) is 3.40. The van der Waals surface area contributed by atoms with Crippen molar-refractivity contribution in [1.29, 1.82) is 0 Å². The van der Waals surface area contributed by atoms with E-state index in [1.54, 1.807) is 14.2 Å². The first kappa shape index (κ1) is 18.1. The highest BCUT2D eigenvalue weighted by molar-refractivity contribution is 8.14. The zero-order valence-corrected chi connectivity index (χ0v) is 15.6. The second-order valence-corrected chi connectivity index (χ2v) is 6.71. The van der Waals surface area contributed by atoms with Crippen molar-refractivity contribution in [2.75, 3.05) is 32.3 Å². The number of amides is 1. The summed E-state index contributed by atoms with van der Waals surface area (Å²) in [4.78, 5) is 12.2. The van der Waals surface area contributed by atoms with E-state index < -0.39 is 0 Å². The number of hydrogen-bond donors (Lipinski definition) is 1. The highest BCUT2D eigenvalue weighted by atomic mass is 32.2. The lowest BCUT2D eigenvalue weighted by atomic mass is 10.1. The van der Waals surface area contributed by atoms with Gasteiger partial charge < -0.3 is 15.2 Å². The molecule has 1 aliphatic rings. The van der Waals surface area contributed by atoms with Gasteiger partial charge >= 0.3 is 5.24 Å². The van der Waals surface area contributed by atoms with Crippen LogP contribution in [0.3, 0.4) is 0 Å². The first-order valence-corrected chi connectivity index (χ1v) is 9.18. The molecule has 0 atom stereocenters. The van der Waals surface area contributed by atoms with Crippen LogP contribution in [0.4, 0.5) is 10.5 Å². The van der Waals surface area contributed by atoms with E-state index in [4.69, 9.17) is 15.2 Å². The van der Waals surface area contributed by atoms with Crippen LogP contribution in [0.2, 0.25) is 0 Å². The molecule has 6 nitrogen and oxygen atoms in total. The molecule has 0 radical (unpaired) electrons. The zero-order chi connectivity index (χ0) is 18.5. The number of nitrogens with two attached hydrogens (primary N) is 1. The Hall–Kier alpha value is -2.67. The van der Waals surface area contributed by atoms with Crippen LogP contribution in [0.5, 0.6) is 11.5 Å². The Balaban J connectivity index is 1.77. The van der Waals surface area contributed by atoms with Gasteiger partial charge in [0.15, 0.2) is 11.5 Å². The monoisotopic (exact) mass is 371 g/mol. The average Bonchev–Trinajstić information content (AvgIpc) is 2.68. The summed E-state index contributed by atoms with van der Waals surface area (Å²) in [5, 5.41) is 6.04. The molecule has 2 aromatic rings. The lowest BCUT2D eigenvalue weighted by molar-refractivity contribution is 0.225. The van der Waals surface area contributed by atoms with E-state index in [1.807, 2.05) is 42.5 Å². The lowest BCUT2D eigenvalue weighted by Gasteiger charge is -2.23. The number of hydrazone groups is 1. The van der Waals surface area contributed by atoms with Gasteiger partial charge in [-0.2, -0.15) is 5.10 Å². The van der Waals surface area contributed by atoms with Gasteiger partial charge in [-0.15, -0.1) is 0 Å². The number of nitrogen functional groups attached to an aromatic ring is 1. The maximum Gasteiger partial charge on any atom is 0.302 e. The zero-order valence-electron chi connectivity index (χ0n) is 14.8. The molecule has 2 N–H and O–H groups in total. The van der Waals surface area contributed by atoms with E-state index in [1.165, 1.54) is 16.8 Å². The molecule has 3 rings (SSSR count). The molecule has 136 valence electrons. The number of thioether (sulfide) groups is 1. The number of carbonyl (C=O) groups excluding carboxylic acids is 1. The highest BCUT2D eigenvalue weighted by Crippen LogP contribution is 2.29. The number of benzene rings is 2. The van der Waals surface area contributed by atoms with E-state index in [9.17, 15) is 4.79 Å². The molecule has 1 amide bonds. The van der Waals surface area contributed by atoms with Crippen molar-refractivity contribution in [2.45, 2.75) is 6.42 Å². The Bertz CT molecular complexity index is 821. The van der Waals surface area contributed by atoms with Crippen molar-refractivity contribution in [3.63, 3.8) is 0 Å². The number of rotatable bonds is 6. The molecule has 1 aliphatic heterocycles. The quantitative estimate of drug-likeness (QED) is 0.788. The summed E-state index contributed by atoms with van der Waals surface area (Å²) in [6, 6.07) is 13.3. The molecule has 0 fully saturated rings. The second-order valence-electron chi connectivity index (χ2n) is 5.79. The van der Waals surface area contributed by atoms with Crippen LogP contribution in [0.1, 0.15) is 11.1 Å². The van der Waals surface area contributed by atoms with E-state index >= 15 is 0 Å². The SMILES string of the molecule is COc1ccc(C2=NN(CCc3ccc(N)cc3)C(=O)SC2)cc1OC. The van der Waals surface area contributed by atoms with Crippen LogP contribution in [-0.2, 0) is 6.42 Å². The summed E-state index contributed by atoms with van der Waals surface area (Å²) in [6.07, 6.45) is 0.718. The van der Waals surface area contributed by atoms with E-state index in [-0.39, 0.29) is 5.24 Å². The number of nitrogens with zero attached hydrogens (tertiary/aromatic N) is 2. The van der Waals surface area contributed by atoms with Gasteiger partial charge in [0, 0.05) is 23.5 Å². The molecular weight excluding hydrogens is 350 g/mol. The van der Waals surface area contributed by atoms with Gasteiger partial charge in [0.2, 0.25) is 0 Å². The summed E-state index contributed by atoms with van der Waals surface area (Å²) in [5.41, 5.74) is 9.31. The first-order valence-electron chi connectivity index (χ1n) is 8.19. The van der Waals surface area contributed by atoms with Crippen molar-refractivity contribution in [3.05, 3.63) is 53.6 Å². The molecule has 0 aliphatic carbocycles. The molecule has 2 aromatic carbocycles. The van der Waals surface area contributed by atoms with Gasteiger partial charge in [-0.3, -0.25) is 4.79 Å². The van der Waals surface area contributed by atoms with Crippen LogP contribution in [0, 0.1) is 0 Å². The predicted molar refractivity (Wildman–Crippen MR) is 105 cm³/mol. The number of carbonyl (C=O) groups is 1. The molecule has 0 bridgehead atoms. The molecule has 1 heterocycles. The molecule has 26 heavy (non-hydrogen) atoms.